The Balaban J connectivity index is 1.96. The third-order valence-corrected chi connectivity index (χ3v) is 3.95. The normalized spacial score (nSPS) is 10.2. The highest BCUT2D eigenvalue weighted by Crippen LogP contribution is 2.29. The van der Waals surface area contributed by atoms with Crippen LogP contribution in [0.25, 0.3) is 0 Å². The van der Waals surface area contributed by atoms with E-state index in [0.29, 0.717) is 16.4 Å². The van der Waals surface area contributed by atoms with Crippen molar-refractivity contribution in [1.29, 1.82) is 0 Å². The maximum Gasteiger partial charge on any atom is 0.340 e. The maximum atomic E-state index is 12.2. The van der Waals surface area contributed by atoms with Crippen molar-refractivity contribution in [2.45, 2.75) is 0 Å². The fourth-order valence-corrected chi connectivity index (χ4v) is 2.35. The molecule has 1 amide bonds. The Morgan fingerprint density at radius 1 is 1.04 bits per heavy atom. The zero-order valence-corrected chi connectivity index (χ0v) is 14.6. The van der Waals surface area contributed by atoms with E-state index in [0.717, 1.165) is 0 Å². The summed E-state index contributed by atoms with van der Waals surface area (Å²) in [6.07, 6.45) is 0. The smallest absolute Gasteiger partial charge is 0.340 e. The molecule has 0 saturated carbocycles. The second-order valence-electron chi connectivity index (χ2n) is 4.92. The Labute approximate surface area is 154 Å². The van der Waals surface area contributed by atoms with Crippen LogP contribution in [0.15, 0.2) is 42.5 Å². The number of amides is 1. The number of rotatable bonds is 7. The Morgan fingerprint density at radius 2 is 1.76 bits per heavy atom. The molecule has 0 aliphatic rings. The van der Waals surface area contributed by atoms with Gasteiger partial charge in [-0.3, -0.25) is 4.79 Å². The molecule has 0 aliphatic carbocycles. The number of ether oxygens (including phenoxy) is 1. The van der Waals surface area contributed by atoms with Gasteiger partial charge in [-0.05, 0) is 24.3 Å². The molecule has 6 nitrogen and oxygen atoms in total. The van der Waals surface area contributed by atoms with Crippen molar-refractivity contribution in [1.82, 2.24) is 0 Å². The molecule has 0 aliphatic heterocycles. The lowest BCUT2D eigenvalue weighted by Crippen LogP contribution is -2.21. The maximum absolute atomic E-state index is 12.2. The highest BCUT2D eigenvalue weighted by Gasteiger charge is 2.15. The second kappa shape index (κ2) is 9.27. The van der Waals surface area contributed by atoms with Gasteiger partial charge in [-0.25, -0.2) is 4.79 Å². The highest BCUT2D eigenvalue weighted by atomic mass is 35.5. The van der Waals surface area contributed by atoms with Gasteiger partial charge in [0.2, 0.25) is 0 Å². The monoisotopic (exact) mass is 382 g/mol. The van der Waals surface area contributed by atoms with E-state index in [9.17, 15) is 9.59 Å². The van der Waals surface area contributed by atoms with Gasteiger partial charge < -0.3 is 20.5 Å². The molecule has 0 saturated heterocycles. The summed E-state index contributed by atoms with van der Waals surface area (Å²) in [7, 11) is 0. The van der Waals surface area contributed by atoms with Crippen LogP contribution in [0, 0.1) is 0 Å². The first-order chi connectivity index (χ1) is 12.0. The van der Waals surface area contributed by atoms with E-state index in [1.807, 2.05) is 0 Å². The van der Waals surface area contributed by atoms with Gasteiger partial charge in [0.25, 0.3) is 5.91 Å². The van der Waals surface area contributed by atoms with Crippen LogP contribution in [-0.4, -0.2) is 36.7 Å². The minimum atomic E-state index is -0.659. The molecule has 0 heterocycles. The van der Waals surface area contributed by atoms with Crippen LogP contribution < -0.4 is 10.6 Å². The van der Waals surface area contributed by atoms with Crippen LogP contribution in [0.4, 0.5) is 11.4 Å². The van der Waals surface area contributed by atoms with Crippen molar-refractivity contribution < 1.29 is 19.4 Å². The first kappa shape index (κ1) is 19.1. The number of nitrogens with one attached hydrogen (secondary N) is 2. The number of aliphatic hydroxyl groups is 1. The largest absolute Gasteiger partial charge is 0.452 e. The van der Waals surface area contributed by atoms with E-state index in [2.05, 4.69) is 10.6 Å². The number of carbonyl (C=O) groups is 2. The number of esters is 1. The number of benzene rings is 2. The van der Waals surface area contributed by atoms with Gasteiger partial charge in [0.1, 0.15) is 0 Å². The topological polar surface area (TPSA) is 87.7 Å². The van der Waals surface area contributed by atoms with E-state index < -0.39 is 18.5 Å². The van der Waals surface area contributed by atoms with Gasteiger partial charge in [-0.1, -0.05) is 41.4 Å². The van der Waals surface area contributed by atoms with E-state index in [1.165, 1.54) is 0 Å². The summed E-state index contributed by atoms with van der Waals surface area (Å²) in [5.41, 5.74) is 1.12. The molecule has 8 heteroatoms. The van der Waals surface area contributed by atoms with Gasteiger partial charge in [0.15, 0.2) is 6.61 Å². The van der Waals surface area contributed by atoms with Gasteiger partial charge in [0.05, 0.1) is 27.9 Å². The molecule has 25 heavy (non-hydrogen) atoms. The van der Waals surface area contributed by atoms with Crippen molar-refractivity contribution in [3.63, 3.8) is 0 Å². The van der Waals surface area contributed by atoms with Gasteiger partial charge in [-0.15, -0.1) is 0 Å². The Hall–Kier alpha value is -2.28. The van der Waals surface area contributed by atoms with Crippen molar-refractivity contribution in [3.05, 3.63) is 58.1 Å². The third kappa shape index (κ3) is 5.35. The number of aliphatic hydroxyl groups excluding tert-OH is 1. The van der Waals surface area contributed by atoms with E-state index >= 15 is 0 Å². The lowest BCUT2D eigenvalue weighted by Gasteiger charge is -2.11. The molecule has 2 aromatic carbocycles. The quantitative estimate of drug-likeness (QED) is 0.640. The van der Waals surface area contributed by atoms with E-state index in [4.69, 9.17) is 33.0 Å². The van der Waals surface area contributed by atoms with Crippen molar-refractivity contribution >= 4 is 46.5 Å². The molecule has 0 spiro atoms. The zero-order valence-electron chi connectivity index (χ0n) is 13.1. The zero-order chi connectivity index (χ0) is 18.2. The van der Waals surface area contributed by atoms with E-state index in [1.54, 1.807) is 42.5 Å². The number of hydrogen-bond donors (Lipinski definition) is 3. The number of para-hydroxylation sites is 1. The SMILES string of the molecule is O=C(COC(=O)c1ccccc1NCCO)Nc1cccc(Cl)c1Cl. The predicted octanol–water partition coefficient (Wildman–Crippen LogP) is 3.19. The minimum Gasteiger partial charge on any atom is -0.452 e. The van der Waals surface area contributed by atoms with Crippen LogP contribution in [0.2, 0.25) is 10.0 Å². The summed E-state index contributed by atoms with van der Waals surface area (Å²) in [6.45, 7) is -0.264. The second-order valence-corrected chi connectivity index (χ2v) is 5.71. The van der Waals surface area contributed by atoms with Gasteiger partial charge in [-0.2, -0.15) is 0 Å². The molecular weight excluding hydrogens is 367 g/mol. The Morgan fingerprint density at radius 3 is 2.52 bits per heavy atom. The van der Waals surface area contributed by atoms with Gasteiger partial charge in [0, 0.05) is 12.2 Å². The molecule has 0 bridgehead atoms. The summed E-state index contributed by atoms with van der Waals surface area (Å²) < 4.78 is 5.02. The standard InChI is InChI=1S/C17H16Cl2N2O4/c18-12-5-3-7-14(16(12)19)21-15(23)10-25-17(24)11-4-1-2-6-13(11)20-8-9-22/h1-7,20,22H,8-10H2,(H,21,23). The lowest BCUT2D eigenvalue weighted by atomic mass is 10.2. The fraction of sp³-hybridized carbons (Fsp3) is 0.176. The molecule has 0 aromatic heterocycles. The van der Waals surface area contributed by atoms with Crippen LogP contribution in [0.5, 0.6) is 0 Å². The highest BCUT2D eigenvalue weighted by molar-refractivity contribution is 6.44. The summed E-state index contributed by atoms with van der Waals surface area (Å²) in [5, 5.41) is 14.8. The summed E-state index contributed by atoms with van der Waals surface area (Å²) >= 11 is 11.9. The molecule has 2 rings (SSSR count). The Bertz CT molecular complexity index is 768. The molecule has 2 aromatic rings. The molecule has 132 valence electrons. The first-order valence-electron chi connectivity index (χ1n) is 7.37. The molecule has 0 unspecified atom stereocenters. The predicted molar refractivity (Wildman–Crippen MR) is 97.4 cm³/mol. The fourth-order valence-electron chi connectivity index (χ4n) is 2.00. The van der Waals surface area contributed by atoms with E-state index in [-0.39, 0.29) is 23.7 Å². The molecular formula is C17H16Cl2N2O4. The molecule has 3 N–H and O–H groups in total. The van der Waals surface area contributed by atoms with Crippen LogP contribution in [-0.2, 0) is 9.53 Å². The summed E-state index contributed by atoms with van der Waals surface area (Å²) in [6, 6.07) is 11.5. The average Bonchev–Trinajstić information content (AvgIpc) is 2.62. The van der Waals surface area contributed by atoms with Crippen LogP contribution in [0.3, 0.4) is 0 Å². The third-order valence-electron chi connectivity index (χ3n) is 3.13. The Kier molecular flexibility index (Phi) is 7.06. The molecule has 0 fully saturated rings. The summed E-state index contributed by atoms with van der Waals surface area (Å²) in [5.74, 6) is -1.20. The lowest BCUT2D eigenvalue weighted by molar-refractivity contribution is -0.119. The number of anilines is 2. The number of hydrogen-bond acceptors (Lipinski definition) is 5. The van der Waals surface area contributed by atoms with Crippen molar-refractivity contribution in [2.24, 2.45) is 0 Å². The molecule has 0 atom stereocenters. The van der Waals surface area contributed by atoms with Crippen LogP contribution >= 0.6 is 23.2 Å². The molecule has 0 radical (unpaired) electrons. The van der Waals surface area contributed by atoms with Crippen LogP contribution in [0.1, 0.15) is 10.4 Å². The van der Waals surface area contributed by atoms with Gasteiger partial charge >= 0.3 is 5.97 Å². The summed E-state index contributed by atoms with van der Waals surface area (Å²) in [4.78, 5) is 24.1. The average molecular weight is 383 g/mol. The van der Waals surface area contributed by atoms with Crippen molar-refractivity contribution in [2.75, 3.05) is 30.4 Å². The minimum absolute atomic E-state index is 0.0772. The van der Waals surface area contributed by atoms with Crippen molar-refractivity contribution in [3.8, 4) is 0 Å². The number of halogens is 2. The first-order valence-corrected chi connectivity index (χ1v) is 8.13. The number of carbonyl (C=O) groups excluding carboxylic acids is 2.